The number of piperidine rings is 1. The lowest BCUT2D eigenvalue weighted by Gasteiger charge is -2.29. The molecule has 2 fully saturated rings. The number of aromatic nitrogens is 3. The van der Waals surface area contributed by atoms with E-state index in [0.29, 0.717) is 22.8 Å². The van der Waals surface area contributed by atoms with Crippen molar-refractivity contribution in [2.24, 2.45) is 17.8 Å². The van der Waals surface area contributed by atoms with Gasteiger partial charge in [0.1, 0.15) is 5.69 Å². The fraction of sp³-hybridized carbons (Fsp3) is 0.455. The SMILES string of the molecule is FC(F)(F)c1ccccc1-c1ccc(C(F)(F)F)n2nc(CC3[C@@H]4CC[C@H]3CNC4)nc12. The van der Waals surface area contributed by atoms with E-state index < -0.39 is 23.6 Å². The number of hydrogen-bond donors (Lipinski definition) is 1. The Morgan fingerprint density at radius 1 is 0.875 bits per heavy atom. The minimum atomic E-state index is -4.72. The Labute approximate surface area is 179 Å². The number of hydrogen-bond acceptors (Lipinski definition) is 3. The summed E-state index contributed by atoms with van der Waals surface area (Å²) in [5.74, 6) is 1.31. The standard InChI is InChI=1S/C22H20F6N4/c23-21(24,25)17-4-2-1-3-14(17)15-7-8-18(22(26,27)28)32-20(15)30-19(31-32)9-16-12-5-6-13(16)11-29-10-12/h1-4,7-8,12-13,16,29H,5-6,9-11H2/t12-,13+,16?. The predicted molar refractivity (Wildman–Crippen MR) is 105 cm³/mol. The Hall–Kier alpha value is -2.62. The second kappa shape index (κ2) is 7.47. The molecule has 10 heteroatoms. The van der Waals surface area contributed by atoms with Crippen molar-refractivity contribution in [1.29, 1.82) is 0 Å². The summed E-state index contributed by atoms with van der Waals surface area (Å²) in [6.45, 7) is 1.71. The first-order valence-electron chi connectivity index (χ1n) is 10.5. The highest BCUT2D eigenvalue weighted by Gasteiger charge is 2.40. The Morgan fingerprint density at radius 2 is 1.56 bits per heavy atom. The van der Waals surface area contributed by atoms with Crippen LogP contribution in [0.5, 0.6) is 0 Å². The first-order chi connectivity index (χ1) is 15.1. The lowest BCUT2D eigenvalue weighted by molar-refractivity contribution is -0.142. The van der Waals surface area contributed by atoms with E-state index in [4.69, 9.17) is 0 Å². The van der Waals surface area contributed by atoms with Crippen LogP contribution in [0.1, 0.15) is 29.9 Å². The van der Waals surface area contributed by atoms with Crippen LogP contribution < -0.4 is 5.32 Å². The van der Waals surface area contributed by atoms with Gasteiger partial charge in [-0.25, -0.2) is 9.50 Å². The zero-order chi connectivity index (χ0) is 22.7. The van der Waals surface area contributed by atoms with Gasteiger partial charge in [-0.1, -0.05) is 18.2 Å². The van der Waals surface area contributed by atoms with Gasteiger partial charge in [0.2, 0.25) is 0 Å². The molecule has 1 aromatic carbocycles. The van der Waals surface area contributed by atoms with E-state index >= 15 is 0 Å². The first-order valence-corrected chi connectivity index (χ1v) is 10.5. The van der Waals surface area contributed by atoms with Crippen molar-refractivity contribution in [1.82, 2.24) is 19.9 Å². The average Bonchev–Trinajstić information content (AvgIpc) is 3.22. The summed E-state index contributed by atoms with van der Waals surface area (Å²) in [5.41, 5.74) is -2.46. The maximum Gasteiger partial charge on any atom is 0.433 e. The van der Waals surface area contributed by atoms with E-state index in [9.17, 15) is 26.3 Å². The molecule has 1 aliphatic heterocycles. The minimum absolute atomic E-state index is 0.0297. The molecule has 3 atom stereocenters. The molecule has 4 nitrogen and oxygen atoms in total. The van der Waals surface area contributed by atoms with Gasteiger partial charge in [0.15, 0.2) is 11.5 Å². The summed E-state index contributed by atoms with van der Waals surface area (Å²) in [5, 5.41) is 7.50. The van der Waals surface area contributed by atoms with E-state index in [1.165, 1.54) is 18.2 Å². The van der Waals surface area contributed by atoms with Crippen LogP contribution >= 0.6 is 0 Å². The van der Waals surface area contributed by atoms with Crippen molar-refractivity contribution < 1.29 is 26.3 Å². The molecule has 170 valence electrons. The third-order valence-electron chi connectivity index (χ3n) is 6.69. The Morgan fingerprint density at radius 3 is 2.22 bits per heavy atom. The molecule has 2 bridgehead atoms. The first kappa shape index (κ1) is 21.2. The van der Waals surface area contributed by atoms with Gasteiger partial charge in [0.05, 0.1) is 5.56 Å². The van der Waals surface area contributed by atoms with Crippen LogP contribution in [-0.4, -0.2) is 27.7 Å². The molecule has 32 heavy (non-hydrogen) atoms. The number of halogens is 6. The van der Waals surface area contributed by atoms with Crippen LogP contribution in [-0.2, 0) is 18.8 Å². The van der Waals surface area contributed by atoms with Crippen molar-refractivity contribution in [3.05, 3.63) is 53.5 Å². The van der Waals surface area contributed by atoms with Gasteiger partial charge < -0.3 is 5.32 Å². The lowest BCUT2D eigenvalue weighted by Crippen LogP contribution is -2.39. The predicted octanol–water partition coefficient (Wildman–Crippen LogP) is 5.22. The van der Waals surface area contributed by atoms with Crippen molar-refractivity contribution in [2.75, 3.05) is 13.1 Å². The summed E-state index contributed by atoms with van der Waals surface area (Å²) in [6, 6.07) is 6.64. The fourth-order valence-corrected chi connectivity index (χ4v) is 5.23. The van der Waals surface area contributed by atoms with Crippen molar-refractivity contribution in [3.8, 4) is 11.1 Å². The van der Waals surface area contributed by atoms with Gasteiger partial charge in [-0.3, -0.25) is 0 Å². The monoisotopic (exact) mass is 454 g/mol. The molecule has 0 spiro atoms. The fourth-order valence-electron chi connectivity index (χ4n) is 5.23. The van der Waals surface area contributed by atoms with Crippen LogP contribution in [0.3, 0.4) is 0 Å². The maximum absolute atomic E-state index is 13.6. The van der Waals surface area contributed by atoms with E-state index in [-0.39, 0.29) is 28.5 Å². The Balaban J connectivity index is 1.65. The third kappa shape index (κ3) is 3.64. The molecule has 2 aliphatic rings. The van der Waals surface area contributed by atoms with Crippen LogP contribution in [0.15, 0.2) is 36.4 Å². The van der Waals surface area contributed by atoms with Gasteiger partial charge in [-0.2, -0.15) is 31.4 Å². The van der Waals surface area contributed by atoms with Gasteiger partial charge in [-0.15, -0.1) is 0 Å². The van der Waals surface area contributed by atoms with E-state index in [2.05, 4.69) is 15.4 Å². The van der Waals surface area contributed by atoms with Crippen LogP contribution in [0.4, 0.5) is 26.3 Å². The number of benzene rings is 1. The topological polar surface area (TPSA) is 42.2 Å². The molecule has 1 aliphatic carbocycles. The molecule has 1 unspecified atom stereocenters. The van der Waals surface area contributed by atoms with Gasteiger partial charge >= 0.3 is 12.4 Å². The number of alkyl halides is 6. The summed E-state index contributed by atoms with van der Waals surface area (Å²) in [7, 11) is 0. The molecule has 5 rings (SSSR count). The summed E-state index contributed by atoms with van der Waals surface area (Å²) in [6.07, 6.45) is -6.87. The number of fused-ring (bicyclic) bond motifs is 3. The molecule has 3 heterocycles. The molecule has 1 saturated carbocycles. The second-order valence-corrected chi connectivity index (χ2v) is 8.56. The number of nitrogens with one attached hydrogen (secondary N) is 1. The largest absolute Gasteiger partial charge is 0.433 e. The van der Waals surface area contributed by atoms with E-state index in [1.807, 2.05) is 0 Å². The quantitative estimate of drug-likeness (QED) is 0.552. The molecule has 1 N–H and O–H groups in total. The van der Waals surface area contributed by atoms with Crippen LogP contribution in [0.2, 0.25) is 0 Å². The van der Waals surface area contributed by atoms with Gasteiger partial charge in [0.25, 0.3) is 0 Å². The van der Waals surface area contributed by atoms with Crippen LogP contribution in [0.25, 0.3) is 16.8 Å². The zero-order valence-corrected chi connectivity index (χ0v) is 16.8. The van der Waals surface area contributed by atoms with Gasteiger partial charge in [0, 0.05) is 12.0 Å². The number of nitrogens with zero attached hydrogens (tertiary/aromatic N) is 3. The summed E-state index contributed by atoms with van der Waals surface area (Å²) < 4.78 is 82.3. The summed E-state index contributed by atoms with van der Waals surface area (Å²) >= 11 is 0. The third-order valence-corrected chi connectivity index (χ3v) is 6.69. The van der Waals surface area contributed by atoms with E-state index in [0.717, 1.165) is 44.1 Å². The summed E-state index contributed by atoms with van der Waals surface area (Å²) in [4.78, 5) is 4.34. The van der Waals surface area contributed by atoms with Crippen molar-refractivity contribution >= 4 is 5.65 Å². The Kier molecular flexibility index (Phi) is 4.96. The maximum atomic E-state index is 13.6. The normalized spacial score (nSPS) is 23.8. The zero-order valence-electron chi connectivity index (χ0n) is 16.8. The highest BCUT2D eigenvalue weighted by atomic mass is 19.4. The highest BCUT2D eigenvalue weighted by molar-refractivity contribution is 5.80. The average molecular weight is 454 g/mol. The minimum Gasteiger partial charge on any atom is -0.316 e. The van der Waals surface area contributed by atoms with Gasteiger partial charge in [-0.05, 0) is 67.4 Å². The molecule has 0 radical (unpaired) electrons. The molecule has 0 amide bonds. The number of pyridine rings is 1. The second-order valence-electron chi connectivity index (χ2n) is 8.56. The van der Waals surface area contributed by atoms with Crippen LogP contribution in [0, 0.1) is 17.8 Å². The smallest absolute Gasteiger partial charge is 0.316 e. The molecular formula is C22H20F6N4. The Bertz CT molecular complexity index is 1130. The molecule has 1 saturated heterocycles. The highest BCUT2D eigenvalue weighted by Crippen LogP contribution is 2.42. The van der Waals surface area contributed by atoms with E-state index in [1.54, 1.807) is 0 Å². The molecule has 2 aromatic heterocycles. The number of rotatable bonds is 3. The molecule has 3 aromatic rings. The lowest BCUT2D eigenvalue weighted by atomic mass is 9.83. The van der Waals surface area contributed by atoms with Crippen molar-refractivity contribution in [3.63, 3.8) is 0 Å². The van der Waals surface area contributed by atoms with Crippen molar-refractivity contribution in [2.45, 2.75) is 31.6 Å². The molecular weight excluding hydrogens is 434 g/mol.